The van der Waals surface area contributed by atoms with Gasteiger partial charge in [0.2, 0.25) is 5.91 Å². The Morgan fingerprint density at radius 2 is 2.11 bits per heavy atom. The van der Waals surface area contributed by atoms with E-state index in [2.05, 4.69) is 10.5 Å². The molecule has 1 atom stereocenters. The Balaban J connectivity index is 2.78. The van der Waals surface area contributed by atoms with Gasteiger partial charge in [0, 0.05) is 25.8 Å². The van der Waals surface area contributed by atoms with Gasteiger partial charge in [-0.2, -0.15) is 0 Å². The molecular weight excluding hydrogens is 248 g/mol. The second-order valence-electron chi connectivity index (χ2n) is 5.32. The highest BCUT2D eigenvalue weighted by molar-refractivity contribution is 6.06. The van der Waals surface area contributed by atoms with Crippen LogP contribution in [0.4, 0.5) is 0 Å². The molecule has 0 bridgehead atoms. The Morgan fingerprint density at radius 1 is 1.53 bits per heavy atom. The molecule has 1 aliphatic rings. The van der Waals surface area contributed by atoms with E-state index in [9.17, 15) is 4.79 Å². The van der Waals surface area contributed by atoms with Crippen LogP contribution in [-0.2, 0) is 9.53 Å². The quantitative estimate of drug-likeness (QED) is 0.273. The van der Waals surface area contributed by atoms with Crippen molar-refractivity contribution >= 4 is 11.7 Å². The topological polar surface area (TPSA) is 100 Å². The van der Waals surface area contributed by atoms with Crippen molar-refractivity contribution in [3.8, 4) is 0 Å². The van der Waals surface area contributed by atoms with Crippen LogP contribution in [0.5, 0.6) is 0 Å². The number of nitrogens with zero attached hydrogens (tertiary/aromatic N) is 2. The molecule has 0 aromatic carbocycles. The maximum absolute atomic E-state index is 12.5. The minimum absolute atomic E-state index is 0.00582. The predicted molar refractivity (Wildman–Crippen MR) is 72.1 cm³/mol. The number of rotatable bonds is 5. The molecule has 0 aromatic heterocycles. The fraction of sp³-hybridized carbons (Fsp3) is 0.833. The van der Waals surface area contributed by atoms with Crippen molar-refractivity contribution in [2.24, 2.45) is 16.3 Å². The molecule has 0 aliphatic carbocycles. The van der Waals surface area contributed by atoms with Crippen LogP contribution in [0.2, 0.25) is 0 Å². The van der Waals surface area contributed by atoms with Crippen LogP contribution in [0, 0.1) is 5.41 Å². The van der Waals surface area contributed by atoms with Crippen molar-refractivity contribution in [2.75, 3.05) is 33.9 Å². The van der Waals surface area contributed by atoms with E-state index in [1.165, 1.54) is 0 Å². The van der Waals surface area contributed by atoms with E-state index in [0.717, 1.165) is 6.54 Å². The average molecular weight is 272 g/mol. The van der Waals surface area contributed by atoms with Crippen molar-refractivity contribution in [2.45, 2.75) is 25.8 Å². The van der Waals surface area contributed by atoms with E-state index in [4.69, 9.17) is 15.7 Å². The second-order valence-corrected chi connectivity index (χ2v) is 5.32. The van der Waals surface area contributed by atoms with Crippen LogP contribution in [0.15, 0.2) is 5.16 Å². The molecule has 0 spiro atoms. The number of hydrogen-bond donors (Lipinski definition) is 3. The van der Waals surface area contributed by atoms with Gasteiger partial charge in [-0.25, -0.2) is 0 Å². The summed E-state index contributed by atoms with van der Waals surface area (Å²) in [5.74, 6) is -0.231. The Bertz CT molecular complexity index is 338. The van der Waals surface area contributed by atoms with Crippen molar-refractivity contribution in [3.05, 3.63) is 0 Å². The zero-order valence-corrected chi connectivity index (χ0v) is 11.8. The van der Waals surface area contributed by atoms with Gasteiger partial charge < -0.3 is 25.9 Å². The van der Waals surface area contributed by atoms with Crippen LogP contribution in [-0.4, -0.2) is 61.7 Å². The number of oxime groups is 1. The van der Waals surface area contributed by atoms with E-state index < -0.39 is 5.41 Å². The number of ether oxygens (including phenoxy) is 1. The standard InChI is InChI=1S/C12H24N4O3/c1-9(8-16(2)3)14-11(17)12(10(13)15-18)4-6-19-7-5-12/h9,18H,4-8H2,1-3H3,(H2,13,15)(H,14,17). The Hall–Kier alpha value is -1.34. The molecule has 19 heavy (non-hydrogen) atoms. The van der Waals surface area contributed by atoms with Gasteiger partial charge in [0.25, 0.3) is 0 Å². The number of likely N-dealkylation sites (N-methyl/N-ethyl adjacent to an activating group) is 1. The molecule has 0 aromatic rings. The smallest absolute Gasteiger partial charge is 0.234 e. The van der Waals surface area contributed by atoms with Crippen molar-refractivity contribution in [1.29, 1.82) is 0 Å². The van der Waals surface area contributed by atoms with Crippen LogP contribution < -0.4 is 11.1 Å². The van der Waals surface area contributed by atoms with Crippen LogP contribution >= 0.6 is 0 Å². The summed E-state index contributed by atoms with van der Waals surface area (Å²) in [4.78, 5) is 14.4. The number of nitrogens with two attached hydrogens (primary N) is 1. The molecule has 110 valence electrons. The lowest BCUT2D eigenvalue weighted by atomic mass is 9.78. The largest absolute Gasteiger partial charge is 0.409 e. The van der Waals surface area contributed by atoms with Crippen LogP contribution in [0.3, 0.4) is 0 Å². The lowest BCUT2D eigenvalue weighted by Gasteiger charge is -2.35. The summed E-state index contributed by atoms with van der Waals surface area (Å²) in [5, 5.41) is 14.9. The number of amidine groups is 1. The summed E-state index contributed by atoms with van der Waals surface area (Å²) in [6.45, 7) is 3.53. The number of hydrogen-bond acceptors (Lipinski definition) is 5. The molecule has 1 saturated heterocycles. The first-order valence-electron chi connectivity index (χ1n) is 6.44. The number of carbonyl (C=O) groups excluding carboxylic acids is 1. The highest BCUT2D eigenvalue weighted by Crippen LogP contribution is 2.31. The van der Waals surface area contributed by atoms with Gasteiger partial charge in [0.15, 0.2) is 5.84 Å². The third-order valence-electron chi connectivity index (χ3n) is 3.40. The lowest BCUT2D eigenvalue weighted by molar-refractivity contribution is -0.132. The first-order chi connectivity index (χ1) is 8.92. The average Bonchev–Trinajstić information content (AvgIpc) is 2.37. The van der Waals surface area contributed by atoms with Crippen molar-refractivity contribution < 1.29 is 14.7 Å². The van der Waals surface area contributed by atoms with E-state index >= 15 is 0 Å². The van der Waals surface area contributed by atoms with Gasteiger partial charge in [-0.1, -0.05) is 5.16 Å². The summed E-state index contributed by atoms with van der Waals surface area (Å²) in [5.41, 5.74) is 4.78. The van der Waals surface area contributed by atoms with E-state index in [1.54, 1.807) is 0 Å². The lowest BCUT2D eigenvalue weighted by Crippen LogP contribution is -2.55. The predicted octanol–water partition coefficient (Wildman–Crippen LogP) is -0.404. The summed E-state index contributed by atoms with van der Waals surface area (Å²) in [6.07, 6.45) is 0.868. The summed E-state index contributed by atoms with van der Waals surface area (Å²) >= 11 is 0. The molecule has 4 N–H and O–H groups in total. The first-order valence-corrected chi connectivity index (χ1v) is 6.44. The molecule has 1 rings (SSSR count). The molecule has 1 unspecified atom stereocenters. The summed E-state index contributed by atoms with van der Waals surface area (Å²) in [7, 11) is 3.88. The molecule has 7 heteroatoms. The number of carbonyl (C=O) groups is 1. The maximum Gasteiger partial charge on any atom is 0.234 e. The van der Waals surface area contributed by atoms with E-state index in [1.807, 2.05) is 25.9 Å². The third-order valence-corrected chi connectivity index (χ3v) is 3.40. The van der Waals surface area contributed by atoms with E-state index in [0.29, 0.717) is 26.1 Å². The molecule has 1 amide bonds. The normalized spacial score (nSPS) is 21.2. The minimum Gasteiger partial charge on any atom is -0.409 e. The second kappa shape index (κ2) is 6.72. The van der Waals surface area contributed by atoms with Gasteiger partial charge in [0.05, 0.1) is 0 Å². The van der Waals surface area contributed by atoms with Crippen LogP contribution in [0.1, 0.15) is 19.8 Å². The monoisotopic (exact) mass is 272 g/mol. The molecular formula is C12H24N4O3. The van der Waals surface area contributed by atoms with Crippen molar-refractivity contribution in [3.63, 3.8) is 0 Å². The number of amides is 1. The van der Waals surface area contributed by atoms with Crippen LogP contribution in [0.25, 0.3) is 0 Å². The summed E-state index contributed by atoms with van der Waals surface area (Å²) < 4.78 is 5.26. The van der Waals surface area contributed by atoms with Gasteiger partial charge in [0.1, 0.15) is 5.41 Å². The fourth-order valence-corrected chi connectivity index (χ4v) is 2.37. The highest BCUT2D eigenvalue weighted by Gasteiger charge is 2.44. The van der Waals surface area contributed by atoms with Gasteiger partial charge in [-0.05, 0) is 33.9 Å². The molecule has 0 saturated carbocycles. The molecule has 1 aliphatic heterocycles. The van der Waals surface area contributed by atoms with E-state index in [-0.39, 0.29) is 17.8 Å². The Labute approximate surface area is 113 Å². The minimum atomic E-state index is -0.951. The highest BCUT2D eigenvalue weighted by atomic mass is 16.5. The Kier molecular flexibility index (Phi) is 5.56. The van der Waals surface area contributed by atoms with Gasteiger partial charge in [-0.15, -0.1) is 0 Å². The first kappa shape index (κ1) is 15.7. The zero-order chi connectivity index (χ0) is 14.5. The van der Waals surface area contributed by atoms with Gasteiger partial charge in [-0.3, -0.25) is 4.79 Å². The molecule has 1 fully saturated rings. The maximum atomic E-state index is 12.5. The summed E-state index contributed by atoms with van der Waals surface area (Å²) in [6, 6.07) is -0.00582. The molecule has 0 radical (unpaired) electrons. The SMILES string of the molecule is CC(CN(C)C)NC(=O)C1(C(N)=NO)CCOCC1. The van der Waals surface area contributed by atoms with Gasteiger partial charge >= 0.3 is 0 Å². The fourth-order valence-electron chi connectivity index (χ4n) is 2.37. The molecule has 7 nitrogen and oxygen atoms in total. The van der Waals surface area contributed by atoms with Crippen molar-refractivity contribution in [1.82, 2.24) is 10.2 Å². The zero-order valence-electron chi connectivity index (χ0n) is 11.8. The third kappa shape index (κ3) is 3.81. The Morgan fingerprint density at radius 3 is 2.58 bits per heavy atom. The molecule has 1 heterocycles. The number of nitrogens with one attached hydrogen (secondary N) is 1.